The van der Waals surface area contributed by atoms with Gasteiger partial charge in [0.05, 0.1) is 18.4 Å². The predicted octanol–water partition coefficient (Wildman–Crippen LogP) is 3.70. The first-order valence-corrected chi connectivity index (χ1v) is 9.61. The Kier molecular flexibility index (Phi) is 6.19. The van der Waals surface area contributed by atoms with Crippen LogP contribution in [0.2, 0.25) is 0 Å². The molecular formula is C22H27N3O3. The van der Waals surface area contributed by atoms with Gasteiger partial charge in [-0.15, -0.1) is 0 Å². The first kappa shape index (κ1) is 19.7. The van der Waals surface area contributed by atoms with Gasteiger partial charge in [-0.05, 0) is 36.6 Å². The summed E-state index contributed by atoms with van der Waals surface area (Å²) in [5.74, 6) is -0.345. The van der Waals surface area contributed by atoms with Gasteiger partial charge in [-0.3, -0.25) is 0 Å². The lowest BCUT2D eigenvalue weighted by molar-refractivity contribution is 0.0601. The summed E-state index contributed by atoms with van der Waals surface area (Å²) < 4.78 is 4.89. The molecule has 6 heteroatoms. The number of hydrogen-bond donors (Lipinski definition) is 1. The summed E-state index contributed by atoms with van der Waals surface area (Å²) >= 11 is 0. The smallest absolute Gasteiger partial charge is 0.339 e. The number of anilines is 2. The minimum atomic E-state index is -0.345. The van der Waals surface area contributed by atoms with E-state index >= 15 is 0 Å². The van der Waals surface area contributed by atoms with Crippen molar-refractivity contribution in [1.82, 2.24) is 4.90 Å². The number of carbonyl (C=O) groups excluding carboxylic acids is 2. The second kappa shape index (κ2) is 8.78. The molecule has 6 nitrogen and oxygen atoms in total. The zero-order valence-electron chi connectivity index (χ0n) is 16.7. The normalized spacial score (nSPS) is 14.0. The van der Waals surface area contributed by atoms with E-state index in [1.807, 2.05) is 48.2 Å². The summed E-state index contributed by atoms with van der Waals surface area (Å²) in [7, 11) is 1.39. The highest BCUT2D eigenvalue weighted by Gasteiger charge is 2.24. The Labute approximate surface area is 166 Å². The van der Waals surface area contributed by atoms with Gasteiger partial charge in [-0.2, -0.15) is 0 Å². The number of hydrogen-bond acceptors (Lipinski definition) is 4. The van der Waals surface area contributed by atoms with E-state index in [9.17, 15) is 9.59 Å². The van der Waals surface area contributed by atoms with Crippen molar-refractivity contribution < 1.29 is 14.3 Å². The summed E-state index contributed by atoms with van der Waals surface area (Å²) in [6.07, 6.45) is 0.870. The summed E-state index contributed by atoms with van der Waals surface area (Å²) in [5, 5.41) is 3.09. The molecule has 1 fully saturated rings. The molecule has 0 unspecified atom stereocenters. The molecule has 2 amide bonds. The lowest BCUT2D eigenvalue weighted by atomic mass is 10.1. The number of amides is 2. The number of nitrogens with one attached hydrogen (secondary N) is 1. The van der Waals surface area contributed by atoms with E-state index in [1.54, 1.807) is 6.07 Å². The van der Waals surface area contributed by atoms with E-state index in [-0.39, 0.29) is 12.0 Å². The Morgan fingerprint density at radius 1 is 1.04 bits per heavy atom. The van der Waals surface area contributed by atoms with Gasteiger partial charge >= 0.3 is 12.0 Å². The van der Waals surface area contributed by atoms with Crippen LogP contribution in [0.5, 0.6) is 0 Å². The number of aryl methyl sites for hydroxylation is 2. The molecule has 2 aromatic carbocycles. The minimum absolute atomic E-state index is 0.0788. The van der Waals surface area contributed by atoms with Gasteiger partial charge in [-0.25, -0.2) is 9.59 Å². The zero-order chi connectivity index (χ0) is 20.1. The van der Waals surface area contributed by atoms with Crippen LogP contribution >= 0.6 is 0 Å². The Bertz CT molecular complexity index is 858. The van der Waals surface area contributed by atoms with Gasteiger partial charge in [0.25, 0.3) is 0 Å². The van der Waals surface area contributed by atoms with Crippen LogP contribution in [0, 0.1) is 6.92 Å². The fourth-order valence-corrected chi connectivity index (χ4v) is 3.57. The Morgan fingerprint density at radius 3 is 2.43 bits per heavy atom. The van der Waals surface area contributed by atoms with Gasteiger partial charge in [0.15, 0.2) is 0 Å². The van der Waals surface area contributed by atoms with Crippen molar-refractivity contribution in [3.63, 3.8) is 0 Å². The Balaban J connectivity index is 1.67. The number of carbonyl (C=O) groups is 2. The zero-order valence-corrected chi connectivity index (χ0v) is 16.7. The number of para-hydroxylation sites is 2. The lowest BCUT2D eigenvalue weighted by Crippen LogP contribution is -2.50. The standard InChI is InChI=1S/C22H27N3O3/c1-4-17-9-7-8-16(2)20(17)23-22(27)25-14-12-24(13-15-25)19-11-6-5-10-18(19)21(26)28-3/h5-11H,4,12-15H2,1-3H3,(H,23,27). The van der Waals surface area contributed by atoms with Crippen molar-refractivity contribution in [1.29, 1.82) is 0 Å². The van der Waals surface area contributed by atoms with Crippen molar-refractivity contribution in [2.45, 2.75) is 20.3 Å². The molecule has 148 valence electrons. The maximum absolute atomic E-state index is 12.8. The van der Waals surface area contributed by atoms with Gasteiger partial charge < -0.3 is 19.9 Å². The molecule has 28 heavy (non-hydrogen) atoms. The minimum Gasteiger partial charge on any atom is -0.465 e. The first-order valence-electron chi connectivity index (χ1n) is 9.61. The molecule has 0 spiro atoms. The molecule has 0 radical (unpaired) electrons. The highest BCUT2D eigenvalue weighted by molar-refractivity contribution is 5.96. The third kappa shape index (κ3) is 4.11. The highest BCUT2D eigenvalue weighted by Crippen LogP contribution is 2.24. The molecule has 2 aromatic rings. The molecule has 0 aliphatic carbocycles. The first-order chi connectivity index (χ1) is 13.5. The van der Waals surface area contributed by atoms with Gasteiger partial charge in [0.1, 0.15) is 0 Å². The van der Waals surface area contributed by atoms with Crippen LogP contribution in [0.3, 0.4) is 0 Å². The van der Waals surface area contributed by atoms with Crippen molar-refractivity contribution in [2.24, 2.45) is 0 Å². The monoisotopic (exact) mass is 381 g/mol. The van der Waals surface area contributed by atoms with Crippen LogP contribution in [0.4, 0.5) is 16.2 Å². The van der Waals surface area contributed by atoms with Crippen molar-refractivity contribution in [2.75, 3.05) is 43.5 Å². The number of esters is 1. The van der Waals surface area contributed by atoms with E-state index < -0.39 is 0 Å². The topological polar surface area (TPSA) is 61.9 Å². The van der Waals surface area contributed by atoms with Crippen LogP contribution in [0.1, 0.15) is 28.4 Å². The van der Waals surface area contributed by atoms with Crippen LogP contribution in [-0.2, 0) is 11.2 Å². The second-order valence-corrected chi connectivity index (χ2v) is 6.88. The molecular weight excluding hydrogens is 354 g/mol. The average molecular weight is 381 g/mol. The summed E-state index contributed by atoms with van der Waals surface area (Å²) in [5.41, 5.74) is 4.52. The fourth-order valence-electron chi connectivity index (χ4n) is 3.57. The molecule has 0 saturated carbocycles. The highest BCUT2D eigenvalue weighted by atomic mass is 16.5. The molecule has 1 aliphatic heterocycles. The van der Waals surface area contributed by atoms with E-state index in [1.165, 1.54) is 7.11 Å². The average Bonchev–Trinajstić information content (AvgIpc) is 2.74. The largest absolute Gasteiger partial charge is 0.465 e. The summed E-state index contributed by atoms with van der Waals surface area (Å²) in [4.78, 5) is 28.7. The third-order valence-corrected chi connectivity index (χ3v) is 5.19. The number of rotatable bonds is 4. The summed E-state index contributed by atoms with van der Waals surface area (Å²) in [6, 6.07) is 13.4. The summed E-state index contributed by atoms with van der Waals surface area (Å²) in [6.45, 7) is 6.60. The molecule has 0 aromatic heterocycles. The van der Waals surface area contributed by atoms with E-state index in [0.717, 1.165) is 28.9 Å². The maximum Gasteiger partial charge on any atom is 0.339 e. The SMILES string of the molecule is CCc1cccc(C)c1NC(=O)N1CCN(c2ccccc2C(=O)OC)CC1. The van der Waals surface area contributed by atoms with Crippen molar-refractivity contribution in [3.8, 4) is 0 Å². The maximum atomic E-state index is 12.8. The van der Waals surface area contributed by atoms with E-state index in [4.69, 9.17) is 4.74 Å². The van der Waals surface area contributed by atoms with Crippen molar-refractivity contribution in [3.05, 3.63) is 59.2 Å². The number of ether oxygens (including phenoxy) is 1. The number of nitrogens with zero attached hydrogens (tertiary/aromatic N) is 2. The fraction of sp³-hybridized carbons (Fsp3) is 0.364. The van der Waals surface area contributed by atoms with Crippen molar-refractivity contribution >= 4 is 23.4 Å². The number of piperazine rings is 1. The van der Waals surface area contributed by atoms with E-state index in [2.05, 4.69) is 17.1 Å². The quantitative estimate of drug-likeness (QED) is 0.821. The second-order valence-electron chi connectivity index (χ2n) is 6.88. The third-order valence-electron chi connectivity index (χ3n) is 5.19. The molecule has 1 heterocycles. The van der Waals surface area contributed by atoms with Crippen LogP contribution in [0.15, 0.2) is 42.5 Å². The van der Waals surface area contributed by atoms with Crippen LogP contribution < -0.4 is 10.2 Å². The molecule has 1 aliphatic rings. The number of benzene rings is 2. The Morgan fingerprint density at radius 2 is 1.75 bits per heavy atom. The van der Waals surface area contributed by atoms with Gasteiger partial charge in [-0.1, -0.05) is 37.3 Å². The molecule has 1 N–H and O–H groups in total. The van der Waals surface area contributed by atoms with Gasteiger partial charge in [0, 0.05) is 31.9 Å². The molecule has 3 rings (SSSR count). The van der Waals surface area contributed by atoms with Gasteiger partial charge in [0.2, 0.25) is 0 Å². The number of methoxy groups -OCH3 is 1. The lowest BCUT2D eigenvalue weighted by Gasteiger charge is -2.36. The molecule has 0 bridgehead atoms. The molecule has 0 atom stereocenters. The molecule has 1 saturated heterocycles. The Hall–Kier alpha value is -3.02. The van der Waals surface area contributed by atoms with Crippen LogP contribution in [-0.4, -0.2) is 50.2 Å². The predicted molar refractivity (Wildman–Crippen MR) is 111 cm³/mol. The number of urea groups is 1. The van der Waals surface area contributed by atoms with E-state index in [0.29, 0.717) is 31.7 Å². The van der Waals surface area contributed by atoms with Crippen LogP contribution in [0.25, 0.3) is 0 Å².